The van der Waals surface area contributed by atoms with Crippen LogP contribution >= 0.6 is 11.3 Å². The zero-order valence-electron chi connectivity index (χ0n) is 18.7. The molecule has 5 rings (SSSR count). The number of ether oxygens (including phenoxy) is 1. The van der Waals surface area contributed by atoms with E-state index in [4.69, 9.17) is 4.74 Å². The predicted molar refractivity (Wildman–Crippen MR) is 141 cm³/mol. The van der Waals surface area contributed by atoms with Crippen LogP contribution in [-0.4, -0.2) is 20.5 Å². The molecule has 1 heterocycles. The number of thiophene rings is 1. The Labute approximate surface area is 208 Å². The highest BCUT2D eigenvalue weighted by atomic mass is 32.2. The van der Waals surface area contributed by atoms with Gasteiger partial charge in [0.25, 0.3) is 0 Å². The Morgan fingerprint density at radius 1 is 0.771 bits per heavy atom. The van der Waals surface area contributed by atoms with Gasteiger partial charge in [-0.1, -0.05) is 84.9 Å². The summed E-state index contributed by atoms with van der Waals surface area (Å²) in [4.78, 5) is 12.9. The molecule has 1 aromatic heterocycles. The van der Waals surface area contributed by atoms with Crippen LogP contribution in [0.5, 0.6) is 5.75 Å². The molecular weight excluding hydrogens is 476 g/mol. The molecule has 0 N–H and O–H groups in total. The topological polar surface area (TPSA) is 60.4 Å². The molecule has 0 spiro atoms. The molecule has 1 unspecified atom stereocenters. The third-order valence-electron chi connectivity index (χ3n) is 5.79. The van der Waals surface area contributed by atoms with E-state index in [0.29, 0.717) is 11.3 Å². The summed E-state index contributed by atoms with van der Waals surface area (Å²) in [6, 6.07) is 33.0. The van der Waals surface area contributed by atoms with Crippen molar-refractivity contribution in [3.05, 3.63) is 120 Å². The third-order valence-corrected chi connectivity index (χ3v) is 8.70. The van der Waals surface area contributed by atoms with Gasteiger partial charge in [-0.15, -0.1) is 11.3 Å². The molecule has 1 atom stereocenters. The Hall–Kier alpha value is -3.74. The number of carbonyl (C=O) groups excluding carboxylic acids is 1. The number of sulfone groups is 1. The van der Waals surface area contributed by atoms with E-state index in [1.54, 1.807) is 36.4 Å². The molecule has 0 saturated heterocycles. The molecule has 0 aliphatic rings. The first-order valence-electron chi connectivity index (χ1n) is 11.1. The van der Waals surface area contributed by atoms with E-state index < -0.39 is 15.9 Å². The molecule has 0 bridgehead atoms. The second-order valence-corrected chi connectivity index (χ2v) is 11.2. The van der Waals surface area contributed by atoms with E-state index in [1.807, 2.05) is 72.8 Å². The quantitative estimate of drug-likeness (QED) is 0.217. The van der Waals surface area contributed by atoms with Crippen molar-refractivity contribution in [2.24, 2.45) is 0 Å². The monoisotopic (exact) mass is 498 g/mol. The largest absolute Gasteiger partial charge is 0.482 e. The first-order chi connectivity index (χ1) is 17.1. The van der Waals surface area contributed by atoms with Gasteiger partial charge in [-0.05, 0) is 29.8 Å². The van der Waals surface area contributed by atoms with Crippen LogP contribution in [0.2, 0.25) is 0 Å². The van der Waals surface area contributed by atoms with Crippen molar-refractivity contribution in [1.29, 1.82) is 0 Å². The highest BCUT2D eigenvalue weighted by Gasteiger charge is 2.27. The van der Waals surface area contributed by atoms with E-state index in [9.17, 15) is 13.2 Å². The lowest BCUT2D eigenvalue weighted by atomic mass is 10.1. The Bertz CT molecular complexity index is 1570. The summed E-state index contributed by atoms with van der Waals surface area (Å²) in [5.74, 6) is 0.358. The minimum absolute atomic E-state index is 0.222. The lowest BCUT2D eigenvalue weighted by Crippen LogP contribution is -2.20. The Morgan fingerprint density at radius 3 is 2.14 bits per heavy atom. The van der Waals surface area contributed by atoms with Crippen LogP contribution in [0.3, 0.4) is 0 Å². The first kappa shape index (κ1) is 23.0. The van der Waals surface area contributed by atoms with Gasteiger partial charge in [0.1, 0.15) is 11.9 Å². The smallest absolute Gasteiger partial charge is 0.182 e. The summed E-state index contributed by atoms with van der Waals surface area (Å²) in [7, 11) is -3.63. The van der Waals surface area contributed by atoms with Crippen LogP contribution in [0.4, 0.5) is 0 Å². The van der Waals surface area contributed by atoms with Crippen molar-refractivity contribution < 1.29 is 17.9 Å². The molecule has 35 heavy (non-hydrogen) atoms. The van der Waals surface area contributed by atoms with Crippen molar-refractivity contribution in [1.82, 2.24) is 0 Å². The number of aldehydes is 1. The first-order valence-corrected chi connectivity index (χ1v) is 13.6. The number of fused-ring (bicyclic) bond motifs is 1. The number of hydrogen-bond donors (Lipinski definition) is 0. The summed E-state index contributed by atoms with van der Waals surface area (Å²) in [5, 5.41) is 0.881. The SMILES string of the molecule is O=Cc1ccccc1-c1sc2ccccc2c1OC(CS(=O)(=O)c1ccccc1)c1ccccc1. The fourth-order valence-corrected chi connectivity index (χ4v) is 6.66. The second kappa shape index (κ2) is 9.86. The molecule has 0 amide bonds. The predicted octanol–water partition coefficient (Wildman–Crippen LogP) is 6.97. The van der Waals surface area contributed by atoms with Gasteiger partial charge >= 0.3 is 0 Å². The van der Waals surface area contributed by atoms with Gasteiger partial charge in [0.15, 0.2) is 16.1 Å². The number of hydrogen-bond acceptors (Lipinski definition) is 5. The second-order valence-electron chi connectivity index (χ2n) is 8.07. The molecule has 0 fully saturated rings. The van der Waals surface area contributed by atoms with E-state index in [1.165, 1.54) is 11.3 Å². The third kappa shape index (κ3) is 4.76. The number of carbonyl (C=O) groups is 1. The van der Waals surface area contributed by atoms with Gasteiger partial charge in [-0.3, -0.25) is 4.79 Å². The molecule has 4 nitrogen and oxygen atoms in total. The lowest BCUT2D eigenvalue weighted by Gasteiger charge is -2.21. The lowest BCUT2D eigenvalue weighted by molar-refractivity contribution is 0.112. The maximum absolute atomic E-state index is 13.3. The van der Waals surface area contributed by atoms with E-state index >= 15 is 0 Å². The molecule has 6 heteroatoms. The highest BCUT2D eigenvalue weighted by Crippen LogP contribution is 2.47. The average Bonchev–Trinajstić information content (AvgIpc) is 3.27. The molecule has 5 aromatic rings. The Kier molecular flexibility index (Phi) is 6.49. The van der Waals surface area contributed by atoms with Crippen LogP contribution in [-0.2, 0) is 9.84 Å². The molecule has 0 saturated carbocycles. The number of rotatable bonds is 8. The Morgan fingerprint density at radius 2 is 1.40 bits per heavy atom. The van der Waals surface area contributed by atoms with Gasteiger partial charge < -0.3 is 4.74 Å². The summed E-state index contributed by atoms with van der Waals surface area (Å²) in [6.45, 7) is 0. The number of benzene rings is 4. The molecule has 174 valence electrons. The van der Waals surface area contributed by atoms with E-state index in [-0.39, 0.29) is 10.6 Å². The van der Waals surface area contributed by atoms with Crippen LogP contribution in [0.15, 0.2) is 114 Å². The molecular formula is C29H22O4S2. The highest BCUT2D eigenvalue weighted by molar-refractivity contribution is 7.91. The van der Waals surface area contributed by atoms with E-state index in [2.05, 4.69) is 0 Å². The van der Waals surface area contributed by atoms with Crippen LogP contribution in [0, 0.1) is 0 Å². The van der Waals surface area contributed by atoms with Crippen LogP contribution < -0.4 is 4.74 Å². The maximum atomic E-state index is 13.3. The van der Waals surface area contributed by atoms with Gasteiger partial charge in [-0.2, -0.15) is 0 Å². The summed E-state index contributed by atoms with van der Waals surface area (Å²) < 4.78 is 34.3. The van der Waals surface area contributed by atoms with E-state index in [0.717, 1.165) is 32.4 Å². The van der Waals surface area contributed by atoms with Crippen molar-refractivity contribution in [2.45, 2.75) is 11.0 Å². The van der Waals surface area contributed by atoms with Crippen molar-refractivity contribution in [3.63, 3.8) is 0 Å². The summed E-state index contributed by atoms with van der Waals surface area (Å²) in [6.07, 6.45) is 0.0828. The maximum Gasteiger partial charge on any atom is 0.182 e. The van der Waals surface area contributed by atoms with Gasteiger partial charge in [-0.25, -0.2) is 8.42 Å². The van der Waals surface area contributed by atoms with Crippen molar-refractivity contribution >= 4 is 37.5 Å². The fraction of sp³-hybridized carbons (Fsp3) is 0.0690. The van der Waals surface area contributed by atoms with Gasteiger partial charge in [0.2, 0.25) is 0 Å². The van der Waals surface area contributed by atoms with Gasteiger partial charge in [0.05, 0.1) is 15.5 Å². The van der Waals surface area contributed by atoms with Gasteiger partial charge in [0, 0.05) is 21.2 Å². The summed E-state index contributed by atoms with van der Waals surface area (Å²) in [5.41, 5.74) is 2.07. The Balaban J connectivity index is 1.64. The minimum atomic E-state index is -3.63. The fourth-order valence-electron chi connectivity index (χ4n) is 4.05. The zero-order chi connectivity index (χ0) is 24.3. The average molecular weight is 499 g/mol. The summed E-state index contributed by atoms with van der Waals surface area (Å²) >= 11 is 1.52. The molecule has 4 aromatic carbocycles. The van der Waals surface area contributed by atoms with Crippen LogP contribution in [0.1, 0.15) is 22.0 Å². The molecule has 0 aliphatic carbocycles. The molecule has 0 radical (unpaired) electrons. The minimum Gasteiger partial charge on any atom is -0.482 e. The van der Waals surface area contributed by atoms with Crippen LogP contribution in [0.25, 0.3) is 20.5 Å². The molecule has 0 aliphatic heterocycles. The van der Waals surface area contributed by atoms with Crippen molar-refractivity contribution in [3.8, 4) is 16.2 Å². The van der Waals surface area contributed by atoms with Crippen molar-refractivity contribution in [2.75, 3.05) is 5.75 Å². The zero-order valence-corrected chi connectivity index (χ0v) is 20.3. The standard InChI is InChI=1S/C29H22O4S2/c30-19-22-13-7-8-16-24(22)29-28(25-17-9-10-18-27(25)34-29)33-26(21-11-3-1-4-12-21)20-35(31,32)23-14-5-2-6-15-23/h1-19,26H,20H2. The normalized spacial score (nSPS) is 12.3.